The van der Waals surface area contributed by atoms with E-state index in [-0.39, 0.29) is 22.9 Å². The average molecular weight is 444 g/mol. The molecule has 5 nitrogen and oxygen atoms in total. The first-order valence-corrected chi connectivity index (χ1v) is 11.6. The van der Waals surface area contributed by atoms with Gasteiger partial charge in [0.1, 0.15) is 10.6 Å². The lowest BCUT2D eigenvalue weighted by Crippen LogP contribution is -2.27. The summed E-state index contributed by atoms with van der Waals surface area (Å²) in [5.41, 5.74) is 0.928. The number of nitrogens with zero attached hydrogens (tertiary/aromatic N) is 2. The Bertz CT molecular complexity index is 1190. The molecule has 0 saturated carbocycles. The van der Waals surface area contributed by atoms with Crippen LogP contribution in [0.25, 0.3) is 15.9 Å². The number of nitrogens with one attached hydrogen (secondary N) is 1. The van der Waals surface area contributed by atoms with Crippen molar-refractivity contribution in [2.45, 2.75) is 31.3 Å². The molecular weight excluding hydrogens is 421 g/mol. The summed E-state index contributed by atoms with van der Waals surface area (Å²) in [7, 11) is 0. The Hall–Kier alpha value is -2.45. The van der Waals surface area contributed by atoms with Gasteiger partial charge in [-0.2, -0.15) is 0 Å². The lowest BCUT2D eigenvalue weighted by atomic mass is 9.89. The Morgan fingerprint density at radius 2 is 2.27 bits per heavy atom. The van der Waals surface area contributed by atoms with Gasteiger partial charge in [-0.05, 0) is 42.9 Å². The average Bonchev–Trinajstić information content (AvgIpc) is 3.09. The Morgan fingerprint density at radius 1 is 1.47 bits per heavy atom. The first-order valence-electron chi connectivity index (χ1n) is 9.82. The fraction of sp³-hybridized carbons (Fsp3) is 0.318. The summed E-state index contributed by atoms with van der Waals surface area (Å²) in [6, 6.07) is 6.15. The van der Waals surface area contributed by atoms with Crippen LogP contribution in [0, 0.1) is 11.7 Å². The first kappa shape index (κ1) is 20.8. The van der Waals surface area contributed by atoms with Crippen LogP contribution in [0.15, 0.2) is 46.9 Å². The van der Waals surface area contributed by atoms with E-state index in [1.807, 2.05) is 0 Å². The van der Waals surface area contributed by atoms with Crippen molar-refractivity contribution in [2.24, 2.45) is 5.92 Å². The largest absolute Gasteiger partial charge is 0.352 e. The molecule has 1 aliphatic carbocycles. The minimum atomic E-state index is -0.503. The van der Waals surface area contributed by atoms with E-state index in [1.165, 1.54) is 15.5 Å². The summed E-state index contributed by atoms with van der Waals surface area (Å²) in [6.07, 6.45) is 4.39. The monoisotopic (exact) mass is 443 g/mol. The third-order valence-corrected chi connectivity index (χ3v) is 7.25. The molecule has 1 aromatic carbocycles. The molecule has 1 aliphatic rings. The van der Waals surface area contributed by atoms with Gasteiger partial charge < -0.3 is 5.32 Å². The van der Waals surface area contributed by atoms with Gasteiger partial charge >= 0.3 is 0 Å². The van der Waals surface area contributed by atoms with Crippen molar-refractivity contribution in [2.75, 3.05) is 12.3 Å². The highest BCUT2D eigenvalue weighted by atomic mass is 32.2. The molecule has 2 aromatic heterocycles. The molecule has 0 radical (unpaired) electrons. The number of fused-ring (bicyclic) bond motifs is 3. The van der Waals surface area contributed by atoms with E-state index < -0.39 is 5.82 Å². The zero-order valence-corrected chi connectivity index (χ0v) is 18.2. The summed E-state index contributed by atoms with van der Waals surface area (Å²) in [5.74, 6) is -0.0608. The number of aromatic nitrogens is 2. The summed E-state index contributed by atoms with van der Waals surface area (Å²) in [5, 5.41) is 3.61. The van der Waals surface area contributed by atoms with Gasteiger partial charge in [0.2, 0.25) is 5.91 Å². The molecule has 1 unspecified atom stereocenters. The second-order valence-corrected chi connectivity index (χ2v) is 9.43. The van der Waals surface area contributed by atoms with Crippen molar-refractivity contribution >= 4 is 39.2 Å². The molecule has 0 bridgehead atoms. The predicted octanol–water partition coefficient (Wildman–Crippen LogP) is 4.11. The molecule has 2 heterocycles. The number of thiophene rings is 1. The molecule has 1 amide bonds. The van der Waals surface area contributed by atoms with E-state index in [4.69, 9.17) is 4.98 Å². The maximum atomic E-state index is 14.6. The second-order valence-electron chi connectivity index (χ2n) is 7.40. The Morgan fingerprint density at radius 3 is 3.03 bits per heavy atom. The molecule has 1 atom stereocenters. The maximum absolute atomic E-state index is 14.6. The number of benzene rings is 1. The van der Waals surface area contributed by atoms with Gasteiger partial charge in [-0.25, -0.2) is 9.37 Å². The van der Waals surface area contributed by atoms with Crippen LogP contribution >= 0.6 is 23.1 Å². The van der Waals surface area contributed by atoms with E-state index >= 15 is 0 Å². The van der Waals surface area contributed by atoms with Gasteiger partial charge in [0.05, 0.1) is 16.8 Å². The molecule has 30 heavy (non-hydrogen) atoms. The summed E-state index contributed by atoms with van der Waals surface area (Å²) in [4.78, 5) is 32.2. The molecule has 0 fully saturated rings. The van der Waals surface area contributed by atoms with Crippen molar-refractivity contribution < 1.29 is 9.18 Å². The predicted molar refractivity (Wildman–Crippen MR) is 120 cm³/mol. The van der Waals surface area contributed by atoms with Crippen LogP contribution in [0.3, 0.4) is 0 Å². The molecule has 1 N–H and O–H groups in total. The number of thioether (sulfide) groups is 1. The Kier molecular flexibility index (Phi) is 6.06. The van der Waals surface area contributed by atoms with Crippen molar-refractivity contribution in [3.8, 4) is 5.69 Å². The molecule has 8 heteroatoms. The van der Waals surface area contributed by atoms with Crippen LogP contribution in [0.1, 0.15) is 23.8 Å². The Balaban J connectivity index is 1.85. The number of hydrogen-bond acceptors (Lipinski definition) is 5. The Labute approximate surface area is 182 Å². The van der Waals surface area contributed by atoms with E-state index in [0.717, 1.165) is 36.6 Å². The van der Waals surface area contributed by atoms with Gasteiger partial charge in [0, 0.05) is 11.4 Å². The molecular formula is C22H22FN3O2S2. The number of halogens is 1. The molecule has 4 rings (SSSR count). The minimum Gasteiger partial charge on any atom is -0.352 e. The van der Waals surface area contributed by atoms with E-state index in [9.17, 15) is 14.0 Å². The van der Waals surface area contributed by atoms with E-state index in [1.54, 1.807) is 35.6 Å². The fourth-order valence-electron chi connectivity index (χ4n) is 3.68. The van der Waals surface area contributed by atoms with Crippen LogP contribution in [-0.4, -0.2) is 27.8 Å². The topological polar surface area (TPSA) is 64.0 Å². The molecule has 0 aliphatic heterocycles. The molecule has 156 valence electrons. The lowest BCUT2D eigenvalue weighted by Gasteiger charge is -2.18. The van der Waals surface area contributed by atoms with E-state index in [2.05, 4.69) is 18.8 Å². The molecule has 3 aromatic rings. The highest BCUT2D eigenvalue weighted by Crippen LogP contribution is 2.37. The van der Waals surface area contributed by atoms with Crippen molar-refractivity contribution in [3.63, 3.8) is 0 Å². The number of rotatable bonds is 6. The summed E-state index contributed by atoms with van der Waals surface area (Å²) in [6.45, 7) is 6.15. The quantitative estimate of drug-likeness (QED) is 0.354. The van der Waals surface area contributed by atoms with Gasteiger partial charge in [-0.15, -0.1) is 17.9 Å². The van der Waals surface area contributed by atoms with E-state index in [0.29, 0.717) is 27.8 Å². The van der Waals surface area contributed by atoms with Gasteiger partial charge in [-0.3, -0.25) is 14.2 Å². The zero-order chi connectivity index (χ0) is 21.3. The minimum absolute atomic E-state index is 0.0718. The third kappa shape index (κ3) is 3.94. The summed E-state index contributed by atoms with van der Waals surface area (Å²) < 4.78 is 15.9. The highest BCUT2D eigenvalue weighted by Gasteiger charge is 2.26. The highest BCUT2D eigenvalue weighted by molar-refractivity contribution is 7.99. The normalized spacial score (nSPS) is 15.7. The van der Waals surface area contributed by atoms with Gasteiger partial charge in [-0.1, -0.05) is 36.9 Å². The number of carbonyl (C=O) groups is 1. The van der Waals surface area contributed by atoms with Crippen molar-refractivity contribution in [1.29, 1.82) is 0 Å². The van der Waals surface area contributed by atoms with Crippen LogP contribution in [0.5, 0.6) is 0 Å². The van der Waals surface area contributed by atoms with Gasteiger partial charge in [0.15, 0.2) is 5.16 Å². The zero-order valence-electron chi connectivity index (χ0n) is 16.6. The second kappa shape index (κ2) is 8.73. The number of hydrogen-bond donors (Lipinski definition) is 1. The fourth-order valence-corrected chi connectivity index (χ4v) is 5.94. The first-order chi connectivity index (χ1) is 14.5. The SMILES string of the molecule is C=CCNC(=O)CSc1nc2sc3c(c2c(=O)n1-c1ccccc1F)CCC(C)C3. The molecule has 0 spiro atoms. The van der Waals surface area contributed by atoms with Crippen molar-refractivity contribution in [1.82, 2.24) is 14.9 Å². The van der Waals surface area contributed by atoms with Crippen LogP contribution in [0.4, 0.5) is 4.39 Å². The van der Waals surface area contributed by atoms with Crippen molar-refractivity contribution in [3.05, 3.63) is 63.5 Å². The summed E-state index contributed by atoms with van der Waals surface area (Å²) >= 11 is 2.67. The van der Waals surface area contributed by atoms with Crippen LogP contribution in [0.2, 0.25) is 0 Å². The van der Waals surface area contributed by atoms with Crippen LogP contribution < -0.4 is 10.9 Å². The third-order valence-electron chi connectivity index (χ3n) is 5.17. The standard InChI is InChI=1S/C22H22FN3O2S2/c1-3-10-24-18(27)12-29-22-25-20-19(14-9-8-13(2)11-17(14)30-20)21(28)26(22)16-7-5-4-6-15(16)23/h3-7,13H,1,8-12H2,2H3,(H,24,27). The number of carbonyl (C=O) groups excluding carboxylic acids is 1. The number of aryl methyl sites for hydroxylation is 1. The smallest absolute Gasteiger partial charge is 0.267 e. The van der Waals surface area contributed by atoms with Crippen LogP contribution in [-0.2, 0) is 17.6 Å². The maximum Gasteiger partial charge on any atom is 0.267 e. The number of para-hydroxylation sites is 1. The molecule has 0 saturated heterocycles. The lowest BCUT2D eigenvalue weighted by molar-refractivity contribution is -0.118. The van der Waals surface area contributed by atoms with Gasteiger partial charge in [0.25, 0.3) is 5.56 Å². The number of amides is 1.